The fraction of sp³-hybridized carbons (Fsp3) is 0.429. The molecule has 19 heavy (non-hydrogen) atoms. The molecule has 5 heteroatoms. The van der Waals surface area contributed by atoms with Crippen LogP contribution in [0.1, 0.15) is 29.8 Å². The molecule has 1 aliphatic heterocycles. The number of nitrogens with one attached hydrogen (secondary N) is 1. The van der Waals surface area contributed by atoms with Crippen LogP contribution in [-0.4, -0.2) is 36.1 Å². The highest BCUT2D eigenvalue weighted by atomic mass is 16.3. The molecule has 1 heterocycles. The van der Waals surface area contributed by atoms with Gasteiger partial charge < -0.3 is 15.3 Å². The third-order valence-corrected chi connectivity index (χ3v) is 3.27. The van der Waals surface area contributed by atoms with E-state index in [4.69, 9.17) is 5.11 Å². The largest absolute Gasteiger partial charge is 0.394 e. The Hall–Kier alpha value is -1.88. The summed E-state index contributed by atoms with van der Waals surface area (Å²) in [7, 11) is 0. The molecule has 0 aromatic heterocycles. The SMILES string of the molecule is CC(=O)N1CCc2cc(C(=O)NC(C)CO)ccc21. The lowest BCUT2D eigenvalue weighted by Crippen LogP contribution is -2.35. The van der Waals surface area contributed by atoms with Crippen molar-refractivity contribution in [1.82, 2.24) is 5.32 Å². The highest BCUT2D eigenvalue weighted by molar-refractivity contribution is 5.97. The fourth-order valence-corrected chi connectivity index (χ4v) is 2.22. The topological polar surface area (TPSA) is 69.6 Å². The van der Waals surface area contributed by atoms with E-state index in [-0.39, 0.29) is 24.5 Å². The van der Waals surface area contributed by atoms with Crippen LogP contribution in [0, 0.1) is 0 Å². The van der Waals surface area contributed by atoms with Crippen molar-refractivity contribution in [2.75, 3.05) is 18.1 Å². The Labute approximate surface area is 112 Å². The summed E-state index contributed by atoms with van der Waals surface area (Å²) in [6.45, 7) is 3.86. The van der Waals surface area contributed by atoms with Crippen LogP contribution in [0.25, 0.3) is 0 Å². The van der Waals surface area contributed by atoms with Gasteiger partial charge in [0, 0.05) is 30.8 Å². The van der Waals surface area contributed by atoms with Crippen molar-refractivity contribution >= 4 is 17.5 Å². The average Bonchev–Trinajstić information content (AvgIpc) is 2.81. The molecule has 0 saturated carbocycles. The van der Waals surface area contributed by atoms with Gasteiger partial charge in [-0.3, -0.25) is 9.59 Å². The monoisotopic (exact) mass is 262 g/mol. The van der Waals surface area contributed by atoms with Crippen molar-refractivity contribution < 1.29 is 14.7 Å². The van der Waals surface area contributed by atoms with E-state index in [9.17, 15) is 9.59 Å². The van der Waals surface area contributed by atoms with E-state index in [1.165, 1.54) is 0 Å². The number of aliphatic hydroxyl groups is 1. The van der Waals surface area contributed by atoms with Gasteiger partial charge in [-0.05, 0) is 37.1 Å². The van der Waals surface area contributed by atoms with E-state index < -0.39 is 0 Å². The predicted molar refractivity (Wildman–Crippen MR) is 72.2 cm³/mol. The number of carbonyl (C=O) groups is 2. The third kappa shape index (κ3) is 2.76. The molecule has 0 bridgehead atoms. The van der Waals surface area contributed by atoms with Gasteiger partial charge in [0.1, 0.15) is 0 Å². The van der Waals surface area contributed by atoms with Crippen molar-refractivity contribution in [3.63, 3.8) is 0 Å². The van der Waals surface area contributed by atoms with Crippen LogP contribution >= 0.6 is 0 Å². The normalized spacial score (nSPS) is 15.0. The van der Waals surface area contributed by atoms with Crippen LogP contribution in [0.2, 0.25) is 0 Å². The Morgan fingerprint density at radius 2 is 2.21 bits per heavy atom. The van der Waals surface area contributed by atoms with Crippen LogP contribution < -0.4 is 10.2 Å². The first-order valence-electron chi connectivity index (χ1n) is 6.35. The smallest absolute Gasteiger partial charge is 0.251 e. The number of hydrogen-bond acceptors (Lipinski definition) is 3. The minimum absolute atomic E-state index is 0.0184. The highest BCUT2D eigenvalue weighted by Crippen LogP contribution is 2.28. The van der Waals surface area contributed by atoms with Gasteiger partial charge in [0.15, 0.2) is 0 Å². The summed E-state index contributed by atoms with van der Waals surface area (Å²) in [5.41, 5.74) is 2.46. The van der Waals surface area contributed by atoms with E-state index in [2.05, 4.69) is 5.32 Å². The van der Waals surface area contributed by atoms with E-state index in [1.807, 2.05) is 12.1 Å². The summed E-state index contributed by atoms with van der Waals surface area (Å²) >= 11 is 0. The molecule has 2 N–H and O–H groups in total. The number of amides is 2. The van der Waals surface area contributed by atoms with Gasteiger partial charge in [-0.15, -0.1) is 0 Å². The number of aliphatic hydroxyl groups excluding tert-OH is 1. The summed E-state index contributed by atoms with van der Waals surface area (Å²) < 4.78 is 0. The molecule has 0 spiro atoms. The highest BCUT2D eigenvalue weighted by Gasteiger charge is 2.23. The number of fused-ring (bicyclic) bond motifs is 1. The molecule has 2 rings (SSSR count). The Bertz CT molecular complexity index is 513. The number of benzene rings is 1. The molecule has 1 aromatic carbocycles. The quantitative estimate of drug-likeness (QED) is 0.842. The minimum atomic E-state index is -0.269. The van der Waals surface area contributed by atoms with E-state index in [0.29, 0.717) is 12.1 Å². The zero-order valence-electron chi connectivity index (χ0n) is 11.1. The lowest BCUT2D eigenvalue weighted by molar-refractivity contribution is -0.116. The molecule has 1 atom stereocenters. The van der Waals surface area contributed by atoms with Crippen LogP contribution in [0.4, 0.5) is 5.69 Å². The first kappa shape index (κ1) is 13.5. The van der Waals surface area contributed by atoms with Crippen molar-refractivity contribution in [3.8, 4) is 0 Å². The summed E-state index contributed by atoms with van der Waals surface area (Å²) in [6, 6.07) is 5.06. The van der Waals surface area contributed by atoms with Gasteiger partial charge >= 0.3 is 0 Å². The molecular weight excluding hydrogens is 244 g/mol. The van der Waals surface area contributed by atoms with Gasteiger partial charge in [-0.2, -0.15) is 0 Å². The third-order valence-electron chi connectivity index (χ3n) is 3.27. The van der Waals surface area contributed by atoms with E-state index >= 15 is 0 Å². The van der Waals surface area contributed by atoms with Crippen molar-refractivity contribution in [2.45, 2.75) is 26.3 Å². The maximum absolute atomic E-state index is 11.9. The van der Waals surface area contributed by atoms with E-state index in [1.54, 1.807) is 24.8 Å². The summed E-state index contributed by atoms with van der Waals surface area (Å²) in [5, 5.41) is 11.6. The van der Waals surface area contributed by atoms with Gasteiger partial charge in [-0.1, -0.05) is 0 Å². The van der Waals surface area contributed by atoms with Crippen molar-refractivity contribution in [2.24, 2.45) is 0 Å². The second-order valence-corrected chi connectivity index (χ2v) is 4.82. The maximum Gasteiger partial charge on any atom is 0.251 e. The van der Waals surface area contributed by atoms with Gasteiger partial charge in [-0.25, -0.2) is 0 Å². The molecule has 5 nitrogen and oxygen atoms in total. The van der Waals surface area contributed by atoms with Crippen LogP contribution in [0.5, 0.6) is 0 Å². The molecule has 0 aliphatic carbocycles. The van der Waals surface area contributed by atoms with Crippen LogP contribution in [0.3, 0.4) is 0 Å². The Kier molecular flexibility index (Phi) is 3.85. The standard InChI is InChI=1S/C14H18N2O3/c1-9(8-17)15-14(19)12-3-4-13-11(7-12)5-6-16(13)10(2)18/h3-4,7,9,17H,5-6,8H2,1-2H3,(H,15,19). The van der Waals surface area contributed by atoms with Gasteiger partial charge in [0.2, 0.25) is 5.91 Å². The molecule has 0 fully saturated rings. The predicted octanol–water partition coefficient (Wildman–Crippen LogP) is 0.706. The second kappa shape index (κ2) is 5.40. The Balaban J connectivity index is 2.19. The van der Waals surface area contributed by atoms with Crippen LogP contribution in [0.15, 0.2) is 18.2 Å². The lowest BCUT2D eigenvalue weighted by atomic mass is 10.1. The molecule has 2 amide bonds. The fourth-order valence-electron chi connectivity index (χ4n) is 2.22. The molecule has 1 aromatic rings. The summed E-state index contributed by atoms with van der Waals surface area (Å²) in [5.74, 6) is -0.185. The molecule has 0 radical (unpaired) electrons. The molecule has 1 unspecified atom stereocenters. The number of anilines is 1. The van der Waals surface area contributed by atoms with Gasteiger partial charge in [0.25, 0.3) is 5.91 Å². The van der Waals surface area contributed by atoms with Crippen molar-refractivity contribution in [3.05, 3.63) is 29.3 Å². The molecular formula is C14H18N2O3. The molecule has 1 aliphatic rings. The minimum Gasteiger partial charge on any atom is -0.394 e. The number of hydrogen-bond donors (Lipinski definition) is 2. The molecule has 0 saturated heterocycles. The summed E-state index contributed by atoms with van der Waals surface area (Å²) in [4.78, 5) is 25.1. The first-order valence-corrected chi connectivity index (χ1v) is 6.35. The number of carbonyl (C=O) groups excluding carboxylic acids is 2. The van der Waals surface area contributed by atoms with Crippen molar-refractivity contribution in [1.29, 1.82) is 0 Å². The second-order valence-electron chi connectivity index (χ2n) is 4.82. The average molecular weight is 262 g/mol. The zero-order valence-corrected chi connectivity index (χ0v) is 11.1. The van der Waals surface area contributed by atoms with Gasteiger partial charge in [0.05, 0.1) is 6.61 Å². The first-order chi connectivity index (χ1) is 9.02. The Morgan fingerprint density at radius 3 is 2.84 bits per heavy atom. The number of nitrogens with zero attached hydrogens (tertiary/aromatic N) is 1. The Morgan fingerprint density at radius 1 is 1.47 bits per heavy atom. The van der Waals surface area contributed by atoms with Crippen LogP contribution in [-0.2, 0) is 11.2 Å². The number of rotatable bonds is 3. The van der Waals surface area contributed by atoms with E-state index in [0.717, 1.165) is 17.7 Å². The lowest BCUT2D eigenvalue weighted by Gasteiger charge is -2.15. The molecule has 102 valence electrons. The maximum atomic E-state index is 11.9. The zero-order chi connectivity index (χ0) is 14.0. The summed E-state index contributed by atoms with van der Waals surface area (Å²) in [6.07, 6.45) is 0.769.